The predicted octanol–water partition coefficient (Wildman–Crippen LogP) is 13.6. The second-order valence-electron chi connectivity index (χ2n) is 15.2. The molecule has 50 heavy (non-hydrogen) atoms. The lowest BCUT2D eigenvalue weighted by Crippen LogP contribution is -2.30. The van der Waals surface area contributed by atoms with Crippen molar-refractivity contribution in [1.29, 1.82) is 0 Å². The molecule has 0 heterocycles. The lowest BCUT2D eigenvalue weighted by molar-refractivity contribution is -0.167. The van der Waals surface area contributed by atoms with Gasteiger partial charge in [0.05, 0.1) is 0 Å². The third kappa shape index (κ3) is 36.2. The van der Waals surface area contributed by atoms with Gasteiger partial charge in [0.25, 0.3) is 0 Å². The summed E-state index contributed by atoms with van der Waals surface area (Å²) >= 11 is 0. The average Bonchev–Trinajstić information content (AvgIpc) is 3.11. The van der Waals surface area contributed by atoms with Crippen LogP contribution in [0, 0.1) is 5.92 Å². The number of rotatable bonds is 39. The summed E-state index contributed by atoms with van der Waals surface area (Å²) in [5.41, 5.74) is 0. The molecule has 0 rings (SSSR count). The van der Waals surface area contributed by atoms with Gasteiger partial charge in [0, 0.05) is 19.3 Å². The van der Waals surface area contributed by atoms with Crippen molar-refractivity contribution in [3.05, 3.63) is 0 Å². The highest BCUT2D eigenvalue weighted by Gasteiger charge is 2.19. The molecule has 0 aliphatic heterocycles. The first-order valence-electron chi connectivity index (χ1n) is 21.9. The van der Waals surface area contributed by atoms with Gasteiger partial charge in [-0.3, -0.25) is 14.4 Å². The molecular weight excluding hydrogens is 624 g/mol. The van der Waals surface area contributed by atoms with Crippen molar-refractivity contribution in [1.82, 2.24) is 0 Å². The Morgan fingerprint density at radius 2 is 0.700 bits per heavy atom. The summed E-state index contributed by atoms with van der Waals surface area (Å²) in [6.45, 7) is 8.92. The molecule has 296 valence electrons. The summed E-state index contributed by atoms with van der Waals surface area (Å²) in [5, 5.41) is 0. The van der Waals surface area contributed by atoms with Gasteiger partial charge < -0.3 is 14.2 Å². The van der Waals surface area contributed by atoms with E-state index in [1.54, 1.807) is 0 Å². The van der Waals surface area contributed by atoms with E-state index in [4.69, 9.17) is 14.2 Å². The van der Waals surface area contributed by atoms with E-state index >= 15 is 0 Å². The van der Waals surface area contributed by atoms with Crippen LogP contribution in [0.15, 0.2) is 0 Å². The van der Waals surface area contributed by atoms with E-state index in [2.05, 4.69) is 27.7 Å². The van der Waals surface area contributed by atoms with E-state index in [0.717, 1.165) is 63.7 Å². The van der Waals surface area contributed by atoms with Gasteiger partial charge in [0.1, 0.15) is 13.2 Å². The molecule has 2 atom stereocenters. The minimum atomic E-state index is -0.758. The molecule has 0 fully saturated rings. The molecule has 0 aromatic carbocycles. The fourth-order valence-electron chi connectivity index (χ4n) is 6.42. The SMILES string of the molecule is CCCCCCCCCCCCCCCCCC(=O)O[C@@H](COC(=O)CCCCCCCCC)COC(=O)CCCCCCCCC(C)CC. The molecule has 0 N–H and O–H groups in total. The Bertz CT molecular complexity index is 753. The highest BCUT2D eigenvalue weighted by molar-refractivity contribution is 5.71. The third-order valence-corrected chi connectivity index (χ3v) is 10.2. The van der Waals surface area contributed by atoms with Gasteiger partial charge in [-0.1, -0.05) is 201 Å². The maximum absolute atomic E-state index is 12.7. The van der Waals surface area contributed by atoms with Crippen molar-refractivity contribution in [3.63, 3.8) is 0 Å². The lowest BCUT2D eigenvalue weighted by atomic mass is 10.00. The van der Waals surface area contributed by atoms with Gasteiger partial charge in [-0.25, -0.2) is 0 Å². The summed E-state index contributed by atoms with van der Waals surface area (Å²) in [4.78, 5) is 37.5. The smallest absolute Gasteiger partial charge is 0.306 e. The molecule has 0 spiro atoms. The number of unbranched alkanes of at least 4 members (excludes halogenated alkanes) is 25. The van der Waals surface area contributed by atoms with Gasteiger partial charge in [-0.2, -0.15) is 0 Å². The highest BCUT2D eigenvalue weighted by Crippen LogP contribution is 2.16. The molecule has 1 unspecified atom stereocenters. The standard InChI is InChI=1S/C44H84O6/c1-5-8-10-12-14-15-16-17-18-19-20-21-23-29-33-37-44(47)50-41(38-48-42(45)35-31-27-22-13-11-9-6-2)39-49-43(46)36-32-28-25-24-26-30-34-40(4)7-3/h40-41H,5-39H2,1-4H3/t40?,41-/m0/s1. The Balaban J connectivity index is 4.28. The van der Waals surface area contributed by atoms with E-state index < -0.39 is 6.10 Å². The Kier molecular flexibility index (Phi) is 37.4. The predicted molar refractivity (Wildman–Crippen MR) is 210 cm³/mol. The van der Waals surface area contributed by atoms with Crippen LogP contribution in [0.1, 0.15) is 240 Å². The van der Waals surface area contributed by atoms with Crippen molar-refractivity contribution in [3.8, 4) is 0 Å². The van der Waals surface area contributed by atoms with Crippen molar-refractivity contribution in [2.75, 3.05) is 13.2 Å². The summed E-state index contributed by atoms with van der Waals surface area (Å²) in [7, 11) is 0. The van der Waals surface area contributed by atoms with E-state index in [9.17, 15) is 14.4 Å². The zero-order valence-corrected chi connectivity index (χ0v) is 33.9. The number of hydrogen-bond acceptors (Lipinski definition) is 6. The van der Waals surface area contributed by atoms with Crippen LogP contribution in [0.4, 0.5) is 0 Å². The second-order valence-corrected chi connectivity index (χ2v) is 15.2. The molecule has 0 aromatic heterocycles. The maximum atomic E-state index is 12.7. The zero-order chi connectivity index (χ0) is 36.8. The Morgan fingerprint density at radius 1 is 0.400 bits per heavy atom. The maximum Gasteiger partial charge on any atom is 0.306 e. The first-order valence-corrected chi connectivity index (χ1v) is 21.9. The first kappa shape index (κ1) is 48.4. The molecule has 0 saturated heterocycles. The van der Waals surface area contributed by atoms with Gasteiger partial charge in [0.2, 0.25) is 0 Å². The molecular formula is C44H84O6. The van der Waals surface area contributed by atoms with Gasteiger partial charge >= 0.3 is 17.9 Å². The fraction of sp³-hybridized carbons (Fsp3) is 0.932. The molecule has 6 heteroatoms. The summed E-state index contributed by atoms with van der Waals surface area (Å²) in [5.74, 6) is -0.0512. The zero-order valence-electron chi connectivity index (χ0n) is 33.9. The molecule has 0 aliphatic rings. The van der Waals surface area contributed by atoms with Crippen LogP contribution in [0.5, 0.6) is 0 Å². The quantitative estimate of drug-likeness (QED) is 0.0359. The van der Waals surface area contributed by atoms with Gasteiger partial charge in [-0.05, 0) is 25.2 Å². The van der Waals surface area contributed by atoms with Crippen LogP contribution in [0.2, 0.25) is 0 Å². The van der Waals surface area contributed by atoms with Crippen molar-refractivity contribution in [2.24, 2.45) is 5.92 Å². The minimum Gasteiger partial charge on any atom is -0.462 e. The van der Waals surface area contributed by atoms with Crippen LogP contribution in [0.25, 0.3) is 0 Å². The number of esters is 3. The first-order chi connectivity index (χ1) is 24.4. The molecule has 0 aliphatic carbocycles. The van der Waals surface area contributed by atoms with Crippen LogP contribution >= 0.6 is 0 Å². The van der Waals surface area contributed by atoms with Crippen molar-refractivity contribution in [2.45, 2.75) is 246 Å². The average molecular weight is 709 g/mol. The van der Waals surface area contributed by atoms with E-state index in [-0.39, 0.29) is 31.1 Å². The topological polar surface area (TPSA) is 78.9 Å². The van der Waals surface area contributed by atoms with E-state index in [1.807, 2.05) is 0 Å². The summed E-state index contributed by atoms with van der Waals surface area (Å²) < 4.78 is 16.6. The van der Waals surface area contributed by atoms with Crippen LogP contribution in [-0.4, -0.2) is 37.2 Å². The van der Waals surface area contributed by atoms with Crippen LogP contribution < -0.4 is 0 Å². The molecule has 0 radical (unpaired) electrons. The largest absolute Gasteiger partial charge is 0.462 e. The lowest BCUT2D eigenvalue weighted by Gasteiger charge is -2.18. The van der Waals surface area contributed by atoms with Crippen molar-refractivity contribution >= 4 is 17.9 Å². The monoisotopic (exact) mass is 709 g/mol. The van der Waals surface area contributed by atoms with Crippen LogP contribution in [-0.2, 0) is 28.6 Å². The van der Waals surface area contributed by atoms with Crippen LogP contribution in [0.3, 0.4) is 0 Å². The van der Waals surface area contributed by atoms with Gasteiger partial charge in [-0.15, -0.1) is 0 Å². The molecule has 0 amide bonds. The van der Waals surface area contributed by atoms with Gasteiger partial charge in [0.15, 0.2) is 6.10 Å². The number of carbonyl (C=O) groups is 3. The number of hydrogen-bond donors (Lipinski definition) is 0. The number of ether oxygens (including phenoxy) is 3. The molecule has 6 nitrogen and oxygen atoms in total. The minimum absolute atomic E-state index is 0.0656. The van der Waals surface area contributed by atoms with E-state index in [1.165, 1.54) is 135 Å². The summed E-state index contributed by atoms with van der Waals surface area (Å²) in [6.07, 6.45) is 36.7. The second kappa shape index (κ2) is 38.6. The Labute approximate surface area is 310 Å². The molecule has 0 aromatic rings. The Morgan fingerprint density at radius 3 is 1.04 bits per heavy atom. The Hall–Kier alpha value is -1.59. The highest BCUT2D eigenvalue weighted by atomic mass is 16.6. The fourth-order valence-corrected chi connectivity index (χ4v) is 6.42. The van der Waals surface area contributed by atoms with E-state index in [0.29, 0.717) is 19.3 Å². The normalized spacial score (nSPS) is 12.5. The molecule has 0 saturated carbocycles. The molecule has 0 bridgehead atoms. The third-order valence-electron chi connectivity index (χ3n) is 10.2. The summed E-state index contributed by atoms with van der Waals surface area (Å²) in [6, 6.07) is 0. The van der Waals surface area contributed by atoms with Crippen molar-refractivity contribution < 1.29 is 28.6 Å². The number of carbonyl (C=O) groups excluding carboxylic acids is 3.